The highest BCUT2D eigenvalue weighted by Crippen LogP contribution is 2.24. The van der Waals surface area contributed by atoms with Crippen LogP contribution in [-0.4, -0.2) is 20.5 Å². The Hall–Kier alpha value is -3.87. The van der Waals surface area contributed by atoms with Gasteiger partial charge in [0.15, 0.2) is 5.65 Å². The van der Waals surface area contributed by atoms with E-state index < -0.39 is 0 Å². The zero-order chi connectivity index (χ0) is 20.2. The molecule has 0 saturated carbocycles. The number of nitrogens with zero attached hydrogens (tertiary/aromatic N) is 2. The summed E-state index contributed by atoms with van der Waals surface area (Å²) in [6.45, 7) is 2.03. The zero-order valence-corrected chi connectivity index (χ0v) is 15.9. The van der Waals surface area contributed by atoms with Gasteiger partial charge in [-0.3, -0.25) is 14.7 Å². The molecule has 0 spiro atoms. The van der Waals surface area contributed by atoms with E-state index >= 15 is 0 Å². The maximum atomic E-state index is 12.6. The van der Waals surface area contributed by atoms with Crippen molar-refractivity contribution in [2.75, 3.05) is 0 Å². The first-order chi connectivity index (χ1) is 14.1. The monoisotopic (exact) mass is 388 g/mol. The predicted molar refractivity (Wildman–Crippen MR) is 109 cm³/mol. The minimum absolute atomic E-state index is 0.0403. The van der Waals surface area contributed by atoms with Crippen molar-refractivity contribution in [1.82, 2.24) is 19.9 Å². The Morgan fingerprint density at radius 1 is 1.10 bits per heavy atom. The molecule has 0 aliphatic heterocycles. The largest absolute Gasteiger partial charge is 0.457 e. The molecular formula is C22H20N4O3. The first-order valence-corrected chi connectivity index (χ1v) is 9.25. The highest BCUT2D eigenvalue weighted by Gasteiger charge is 2.15. The lowest BCUT2D eigenvalue weighted by Crippen LogP contribution is -2.30. The van der Waals surface area contributed by atoms with Crippen LogP contribution in [-0.2, 0) is 17.8 Å². The van der Waals surface area contributed by atoms with E-state index in [1.807, 2.05) is 54.6 Å². The molecule has 2 aromatic heterocycles. The third-order valence-corrected chi connectivity index (χ3v) is 4.60. The van der Waals surface area contributed by atoms with Gasteiger partial charge in [-0.15, -0.1) is 0 Å². The molecule has 7 nitrogen and oxygen atoms in total. The van der Waals surface area contributed by atoms with E-state index in [4.69, 9.17) is 4.74 Å². The van der Waals surface area contributed by atoms with Crippen LogP contribution in [0.15, 0.2) is 71.7 Å². The first-order valence-electron chi connectivity index (χ1n) is 9.25. The summed E-state index contributed by atoms with van der Waals surface area (Å²) in [5, 5.41) is 5.68. The summed E-state index contributed by atoms with van der Waals surface area (Å²) in [6, 6.07) is 18.7. The number of ether oxygens (including phenoxy) is 1. The minimum atomic E-state index is -0.263. The standard InChI is InChI=1S/C22H20N4O3/c1-15-18(22(28)26-20(25-15)11-12-24-26)13-21(27)23-14-16-7-5-6-10-19(16)29-17-8-3-2-4-9-17/h2-12,24H,13-14H2,1H3,(H,23,27). The van der Waals surface area contributed by atoms with Gasteiger partial charge in [-0.25, -0.2) is 9.50 Å². The maximum Gasteiger partial charge on any atom is 0.276 e. The number of aromatic amines is 1. The van der Waals surface area contributed by atoms with Gasteiger partial charge in [0.25, 0.3) is 5.56 Å². The lowest BCUT2D eigenvalue weighted by molar-refractivity contribution is -0.120. The molecule has 0 aliphatic rings. The fraction of sp³-hybridized carbons (Fsp3) is 0.136. The highest BCUT2D eigenvalue weighted by molar-refractivity contribution is 5.78. The van der Waals surface area contributed by atoms with Gasteiger partial charge in [0.1, 0.15) is 11.5 Å². The molecule has 7 heteroatoms. The molecule has 29 heavy (non-hydrogen) atoms. The van der Waals surface area contributed by atoms with Crippen molar-refractivity contribution >= 4 is 11.6 Å². The van der Waals surface area contributed by atoms with Crippen LogP contribution in [0, 0.1) is 6.92 Å². The van der Waals surface area contributed by atoms with Crippen molar-refractivity contribution in [2.45, 2.75) is 19.9 Å². The number of fused-ring (bicyclic) bond motifs is 1. The molecular weight excluding hydrogens is 368 g/mol. The zero-order valence-electron chi connectivity index (χ0n) is 15.9. The molecule has 0 unspecified atom stereocenters. The number of nitrogens with one attached hydrogen (secondary N) is 2. The van der Waals surface area contributed by atoms with Gasteiger partial charge in [-0.05, 0) is 25.1 Å². The van der Waals surface area contributed by atoms with E-state index in [1.165, 1.54) is 4.52 Å². The molecule has 0 aliphatic carbocycles. The average molecular weight is 388 g/mol. The number of benzene rings is 2. The fourth-order valence-electron chi connectivity index (χ4n) is 3.09. The van der Waals surface area contributed by atoms with Crippen molar-refractivity contribution in [3.63, 3.8) is 0 Å². The first kappa shape index (κ1) is 18.5. The Kier molecular flexibility index (Phi) is 5.11. The van der Waals surface area contributed by atoms with Crippen LogP contribution in [0.3, 0.4) is 0 Å². The molecule has 0 saturated heterocycles. The molecule has 2 heterocycles. The van der Waals surface area contributed by atoms with E-state index in [9.17, 15) is 9.59 Å². The van der Waals surface area contributed by atoms with Gasteiger partial charge < -0.3 is 10.1 Å². The fourth-order valence-corrected chi connectivity index (χ4v) is 3.09. The summed E-state index contributed by atoms with van der Waals surface area (Å²) in [6.07, 6.45) is 1.60. The van der Waals surface area contributed by atoms with Crippen molar-refractivity contribution < 1.29 is 9.53 Å². The Morgan fingerprint density at radius 3 is 2.69 bits per heavy atom. The average Bonchev–Trinajstić information content (AvgIpc) is 3.20. The number of hydrogen-bond donors (Lipinski definition) is 2. The number of para-hydroxylation sites is 2. The number of amides is 1. The van der Waals surface area contributed by atoms with Crippen LogP contribution in [0.4, 0.5) is 0 Å². The van der Waals surface area contributed by atoms with Gasteiger partial charge in [0.2, 0.25) is 5.91 Å². The second kappa shape index (κ2) is 8.02. The third-order valence-electron chi connectivity index (χ3n) is 4.60. The second-order valence-corrected chi connectivity index (χ2v) is 6.61. The molecule has 0 fully saturated rings. The summed E-state index contributed by atoms with van der Waals surface area (Å²) in [4.78, 5) is 29.4. The van der Waals surface area contributed by atoms with Gasteiger partial charge in [0, 0.05) is 35.6 Å². The molecule has 4 aromatic rings. The lowest BCUT2D eigenvalue weighted by Gasteiger charge is -2.12. The number of aromatic nitrogens is 3. The van der Waals surface area contributed by atoms with Crippen LogP contribution in [0.1, 0.15) is 16.8 Å². The van der Waals surface area contributed by atoms with Crippen LogP contribution in [0.25, 0.3) is 5.65 Å². The Labute approximate surface area is 167 Å². The minimum Gasteiger partial charge on any atom is -0.457 e. The smallest absolute Gasteiger partial charge is 0.276 e. The number of aryl methyl sites for hydroxylation is 1. The van der Waals surface area contributed by atoms with Gasteiger partial charge in [-0.2, -0.15) is 0 Å². The Morgan fingerprint density at radius 2 is 1.86 bits per heavy atom. The predicted octanol–water partition coefficient (Wildman–Crippen LogP) is 2.98. The van der Waals surface area contributed by atoms with Crippen LogP contribution < -0.4 is 15.6 Å². The summed E-state index contributed by atoms with van der Waals surface area (Å²) in [7, 11) is 0. The van der Waals surface area contributed by atoms with Crippen LogP contribution >= 0.6 is 0 Å². The second-order valence-electron chi connectivity index (χ2n) is 6.61. The maximum absolute atomic E-state index is 12.6. The molecule has 146 valence electrons. The van der Waals surface area contributed by atoms with Crippen LogP contribution in [0.5, 0.6) is 11.5 Å². The molecule has 0 atom stereocenters. The summed E-state index contributed by atoms with van der Waals surface area (Å²) in [5.41, 5.74) is 2.04. The number of rotatable bonds is 6. The third kappa shape index (κ3) is 4.03. The van der Waals surface area contributed by atoms with E-state index in [0.29, 0.717) is 29.2 Å². The van der Waals surface area contributed by atoms with Crippen molar-refractivity contribution in [3.05, 3.63) is 94.0 Å². The van der Waals surface area contributed by atoms with E-state index in [-0.39, 0.29) is 17.9 Å². The van der Waals surface area contributed by atoms with E-state index in [2.05, 4.69) is 15.4 Å². The highest BCUT2D eigenvalue weighted by atomic mass is 16.5. The number of H-pyrrole nitrogens is 1. The number of hydrogen-bond acceptors (Lipinski definition) is 4. The molecule has 2 N–H and O–H groups in total. The molecule has 2 aromatic carbocycles. The van der Waals surface area contributed by atoms with Gasteiger partial charge in [0.05, 0.1) is 6.42 Å². The van der Waals surface area contributed by atoms with Gasteiger partial charge >= 0.3 is 0 Å². The van der Waals surface area contributed by atoms with Crippen molar-refractivity contribution in [3.8, 4) is 11.5 Å². The van der Waals surface area contributed by atoms with E-state index in [1.54, 1.807) is 19.2 Å². The lowest BCUT2D eigenvalue weighted by atomic mass is 10.1. The number of carbonyl (C=O) groups excluding carboxylic acids is 1. The Bertz CT molecular complexity index is 1210. The molecule has 0 bridgehead atoms. The Balaban J connectivity index is 1.46. The molecule has 1 amide bonds. The normalized spacial score (nSPS) is 10.8. The molecule has 0 radical (unpaired) electrons. The van der Waals surface area contributed by atoms with Gasteiger partial charge in [-0.1, -0.05) is 36.4 Å². The summed E-state index contributed by atoms with van der Waals surface area (Å²) < 4.78 is 7.25. The van der Waals surface area contributed by atoms with Crippen molar-refractivity contribution in [1.29, 1.82) is 0 Å². The summed E-state index contributed by atoms with van der Waals surface area (Å²) >= 11 is 0. The number of carbonyl (C=O) groups is 1. The summed E-state index contributed by atoms with van der Waals surface area (Å²) in [5.74, 6) is 1.14. The molecule has 4 rings (SSSR count). The quantitative estimate of drug-likeness (QED) is 0.531. The van der Waals surface area contributed by atoms with Crippen molar-refractivity contribution in [2.24, 2.45) is 0 Å². The topological polar surface area (TPSA) is 88.5 Å². The van der Waals surface area contributed by atoms with E-state index in [0.717, 1.165) is 11.3 Å². The van der Waals surface area contributed by atoms with Crippen LogP contribution in [0.2, 0.25) is 0 Å². The SMILES string of the molecule is Cc1nc2cc[nH]n2c(=O)c1CC(=O)NCc1ccccc1Oc1ccccc1.